The summed E-state index contributed by atoms with van der Waals surface area (Å²) < 4.78 is 69.0. The van der Waals surface area contributed by atoms with Crippen molar-refractivity contribution >= 4 is 33.4 Å². The van der Waals surface area contributed by atoms with Crippen LogP contribution in [0.3, 0.4) is 0 Å². The first-order valence-corrected chi connectivity index (χ1v) is 11.1. The molecule has 0 spiro atoms. The number of hydrogen-bond acceptors (Lipinski definition) is 6. The van der Waals surface area contributed by atoms with Gasteiger partial charge in [0.05, 0.1) is 10.5 Å². The molecule has 2 N–H and O–H groups in total. The molecule has 2 aromatic rings. The number of rotatable bonds is 10. The van der Waals surface area contributed by atoms with E-state index >= 15 is 0 Å². The summed E-state index contributed by atoms with van der Waals surface area (Å²) in [5.74, 6) is -1.68. The van der Waals surface area contributed by atoms with Crippen molar-refractivity contribution in [1.29, 1.82) is 0 Å². The molecule has 12 heteroatoms. The van der Waals surface area contributed by atoms with Crippen molar-refractivity contribution < 1.29 is 40.7 Å². The van der Waals surface area contributed by atoms with E-state index in [-0.39, 0.29) is 35.8 Å². The van der Waals surface area contributed by atoms with Gasteiger partial charge in [0.2, 0.25) is 10.0 Å². The van der Waals surface area contributed by atoms with Crippen LogP contribution in [0.4, 0.5) is 18.9 Å². The van der Waals surface area contributed by atoms with E-state index in [1.807, 2.05) is 0 Å². The number of Topliss-reactive ketones (excluding diaryl/α,β-unsaturated/α-hetero) is 1. The zero-order valence-electron chi connectivity index (χ0n) is 17.4. The summed E-state index contributed by atoms with van der Waals surface area (Å²) in [6.07, 6.45) is -4.56. The highest BCUT2D eigenvalue weighted by Crippen LogP contribution is 2.29. The van der Waals surface area contributed by atoms with E-state index in [9.17, 15) is 36.0 Å². The summed E-state index contributed by atoms with van der Waals surface area (Å²) in [5, 5.41) is 2.30. The standard InChI is InChI=1S/C21H21F3N2O6S/c1-14(27)15-4-10-18(11-5-15)33(30,31)25-12-2-3-20(29)32-13-19(28)26-17-8-6-16(7-9-17)21(22,23)24/h4-11,25H,2-3,12-13H2,1H3,(H,26,28). The first kappa shape index (κ1) is 26.0. The van der Waals surface area contributed by atoms with Crippen molar-refractivity contribution in [2.75, 3.05) is 18.5 Å². The maximum absolute atomic E-state index is 12.5. The summed E-state index contributed by atoms with van der Waals surface area (Å²) in [7, 11) is -3.82. The van der Waals surface area contributed by atoms with Crippen LogP contribution in [-0.2, 0) is 30.5 Å². The number of anilines is 1. The molecule has 0 fully saturated rings. The molecule has 0 saturated carbocycles. The van der Waals surface area contributed by atoms with Crippen LogP contribution in [0.2, 0.25) is 0 Å². The Morgan fingerprint density at radius 2 is 1.58 bits per heavy atom. The van der Waals surface area contributed by atoms with Crippen molar-refractivity contribution in [3.05, 3.63) is 59.7 Å². The molecule has 0 aliphatic rings. The summed E-state index contributed by atoms with van der Waals surface area (Å²) in [4.78, 5) is 34.7. The van der Waals surface area contributed by atoms with Gasteiger partial charge in [0.1, 0.15) is 0 Å². The molecule has 2 aromatic carbocycles. The molecule has 0 bridgehead atoms. The summed E-state index contributed by atoms with van der Waals surface area (Å²) >= 11 is 0. The van der Waals surface area contributed by atoms with Crippen LogP contribution >= 0.6 is 0 Å². The Balaban J connectivity index is 1.70. The van der Waals surface area contributed by atoms with Gasteiger partial charge in [0.15, 0.2) is 12.4 Å². The first-order chi connectivity index (χ1) is 15.4. The Hall–Kier alpha value is -3.25. The van der Waals surface area contributed by atoms with Gasteiger partial charge in [-0.15, -0.1) is 0 Å². The Labute approximate surface area is 188 Å². The van der Waals surface area contributed by atoms with Crippen molar-refractivity contribution in [3.8, 4) is 0 Å². The van der Waals surface area contributed by atoms with Crippen LogP contribution in [0, 0.1) is 0 Å². The lowest BCUT2D eigenvalue weighted by molar-refractivity contribution is -0.147. The van der Waals surface area contributed by atoms with Gasteiger partial charge < -0.3 is 10.1 Å². The van der Waals surface area contributed by atoms with E-state index in [0.717, 1.165) is 24.3 Å². The lowest BCUT2D eigenvalue weighted by Crippen LogP contribution is -2.26. The molecule has 2 rings (SSSR count). The highest BCUT2D eigenvalue weighted by atomic mass is 32.2. The predicted octanol–water partition coefficient (Wildman–Crippen LogP) is 3.15. The van der Waals surface area contributed by atoms with E-state index in [1.165, 1.54) is 31.2 Å². The minimum atomic E-state index is -4.49. The first-order valence-electron chi connectivity index (χ1n) is 9.62. The van der Waals surface area contributed by atoms with Crippen molar-refractivity contribution in [2.45, 2.75) is 30.8 Å². The Kier molecular flexibility index (Phi) is 8.71. The molecule has 0 aliphatic carbocycles. The lowest BCUT2D eigenvalue weighted by Gasteiger charge is -2.09. The molecule has 0 saturated heterocycles. The van der Waals surface area contributed by atoms with Gasteiger partial charge in [0, 0.05) is 24.2 Å². The van der Waals surface area contributed by atoms with Gasteiger partial charge in [-0.05, 0) is 49.7 Å². The summed E-state index contributed by atoms with van der Waals surface area (Å²) in [6.45, 7) is 0.650. The second-order valence-electron chi connectivity index (χ2n) is 6.87. The second-order valence-corrected chi connectivity index (χ2v) is 8.63. The zero-order valence-corrected chi connectivity index (χ0v) is 18.3. The highest BCUT2D eigenvalue weighted by Gasteiger charge is 2.30. The van der Waals surface area contributed by atoms with Crippen LogP contribution in [0.5, 0.6) is 0 Å². The molecule has 0 aliphatic heterocycles. The number of nitrogens with one attached hydrogen (secondary N) is 2. The highest BCUT2D eigenvalue weighted by molar-refractivity contribution is 7.89. The molecule has 0 atom stereocenters. The number of benzene rings is 2. The number of ketones is 1. The van der Waals surface area contributed by atoms with Crippen LogP contribution in [0.25, 0.3) is 0 Å². The SMILES string of the molecule is CC(=O)c1ccc(S(=O)(=O)NCCCC(=O)OCC(=O)Nc2ccc(C(F)(F)F)cc2)cc1. The van der Waals surface area contributed by atoms with E-state index < -0.39 is 40.2 Å². The van der Waals surface area contributed by atoms with Gasteiger partial charge >= 0.3 is 12.1 Å². The molecular weight excluding hydrogens is 465 g/mol. The average molecular weight is 486 g/mol. The number of sulfonamides is 1. The van der Waals surface area contributed by atoms with Gasteiger partial charge in [-0.1, -0.05) is 12.1 Å². The second kappa shape index (κ2) is 11.1. The molecule has 178 valence electrons. The van der Waals surface area contributed by atoms with E-state index in [4.69, 9.17) is 4.74 Å². The van der Waals surface area contributed by atoms with E-state index in [0.29, 0.717) is 5.56 Å². The van der Waals surface area contributed by atoms with Gasteiger partial charge in [0.25, 0.3) is 5.91 Å². The maximum atomic E-state index is 12.5. The molecule has 1 amide bonds. The number of carbonyl (C=O) groups excluding carboxylic acids is 3. The number of carbonyl (C=O) groups is 3. The van der Waals surface area contributed by atoms with Crippen LogP contribution in [0.1, 0.15) is 35.7 Å². The van der Waals surface area contributed by atoms with Crippen molar-refractivity contribution in [3.63, 3.8) is 0 Å². The van der Waals surface area contributed by atoms with Crippen molar-refractivity contribution in [1.82, 2.24) is 4.72 Å². The van der Waals surface area contributed by atoms with Gasteiger partial charge in [-0.2, -0.15) is 13.2 Å². The summed E-state index contributed by atoms with van der Waals surface area (Å²) in [6, 6.07) is 9.13. The number of ether oxygens (including phenoxy) is 1. The normalized spacial score (nSPS) is 11.6. The minimum absolute atomic E-state index is 0.0324. The molecule has 33 heavy (non-hydrogen) atoms. The zero-order chi connectivity index (χ0) is 24.6. The molecule has 0 aromatic heterocycles. The van der Waals surface area contributed by atoms with Crippen molar-refractivity contribution in [2.24, 2.45) is 0 Å². The fourth-order valence-corrected chi connectivity index (χ4v) is 3.62. The number of halogens is 3. The topological polar surface area (TPSA) is 119 Å². The third-order valence-electron chi connectivity index (χ3n) is 4.28. The maximum Gasteiger partial charge on any atom is 0.416 e. The Morgan fingerprint density at radius 1 is 0.970 bits per heavy atom. The minimum Gasteiger partial charge on any atom is -0.456 e. The van der Waals surface area contributed by atoms with Gasteiger partial charge in [-0.3, -0.25) is 14.4 Å². The number of esters is 1. The van der Waals surface area contributed by atoms with E-state index in [2.05, 4.69) is 10.0 Å². The van der Waals surface area contributed by atoms with Gasteiger partial charge in [-0.25, -0.2) is 13.1 Å². The fourth-order valence-electron chi connectivity index (χ4n) is 2.55. The van der Waals surface area contributed by atoms with E-state index in [1.54, 1.807) is 0 Å². The molecule has 8 nitrogen and oxygen atoms in total. The quantitative estimate of drug-likeness (QED) is 0.303. The predicted molar refractivity (Wildman–Crippen MR) is 112 cm³/mol. The molecular formula is C21H21F3N2O6S. The molecule has 0 radical (unpaired) electrons. The summed E-state index contributed by atoms with van der Waals surface area (Å²) in [5.41, 5.74) is -0.385. The van der Waals surface area contributed by atoms with Crippen LogP contribution in [0.15, 0.2) is 53.4 Å². The Bertz CT molecular complexity index is 1100. The number of hydrogen-bond donors (Lipinski definition) is 2. The Morgan fingerprint density at radius 3 is 2.12 bits per heavy atom. The monoisotopic (exact) mass is 486 g/mol. The fraction of sp³-hybridized carbons (Fsp3) is 0.286. The smallest absolute Gasteiger partial charge is 0.416 e. The van der Waals surface area contributed by atoms with Crippen LogP contribution < -0.4 is 10.0 Å². The third-order valence-corrected chi connectivity index (χ3v) is 5.76. The number of amides is 1. The molecule has 0 heterocycles. The molecule has 0 unspecified atom stereocenters. The average Bonchev–Trinajstić information content (AvgIpc) is 2.75. The van der Waals surface area contributed by atoms with Crippen LogP contribution in [-0.4, -0.2) is 39.2 Å². The lowest BCUT2D eigenvalue weighted by atomic mass is 10.2. The third kappa shape index (κ3) is 8.31. The number of alkyl halides is 3. The largest absolute Gasteiger partial charge is 0.456 e.